The number of benzene rings is 1. The van der Waals surface area contributed by atoms with Gasteiger partial charge in [-0.05, 0) is 38.7 Å². The van der Waals surface area contributed by atoms with Crippen molar-refractivity contribution in [1.29, 1.82) is 0 Å². The Morgan fingerprint density at radius 3 is 2.58 bits per heavy atom. The molecule has 1 aliphatic rings. The van der Waals surface area contributed by atoms with Crippen molar-refractivity contribution >= 4 is 14.0 Å². The van der Waals surface area contributed by atoms with Crippen LogP contribution >= 0.6 is 0 Å². The van der Waals surface area contributed by atoms with Crippen molar-refractivity contribution in [3.8, 4) is 0 Å². The van der Waals surface area contributed by atoms with E-state index in [1.165, 1.54) is 17.2 Å². The first-order valence-electron chi connectivity index (χ1n) is 7.20. The summed E-state index contributed by atoms with van der Waals surface area (Å²) in [6, 6.07) is 8.69. The van der Waals surface area contributed by atoms with Crippen molar-refractivity contribution in [2.45, 2.75) is 58.1 Å². The highest BCUT2D eigenvalue weighted by Crippen LogP contribution is 2.28. The molecule has 1 aromatic rings. The average Bonchev–Trinajstić information content (AvgIpc) is 2.39. The van der Waals surface area contributed by atoms with Crippen molar-refractivity contribution in [2.75, 3.05) is 6.61 Å². The summed E-state index contributed by atoms with van der Waals surface area (Å²) in [5.74, 6) is 0. The Balaban J connectivity index is 2.18. The second kappa shape index (κ2) is 6.20. The molecule has 0 saturated carbocycles. The van der Waals surface area contributed by atoms with Crippen LogP contribution in [-0.4, -0.2) is 21.7 Å². The molecule has 0 aliphatic carbocycles. The molecule has 3 heteroatoms. The predicted octanol–water partition coefficient (Wildman–Crippen LogP) is 3.43. The fourth-order valence-electron chi connectivity index (χ4n) is 2.64. The normalized spacial score (nSPS) is 20.8. The molecule has 2 rings (SSSR count). The smallest absolute Gasteiger partial charge is 0.158 e. The Morgan fingerprint density at radius 2 is 1.95 bits per heavy atom. The predicted molar refractivity (Wildman–Crippen MR) is 81.3 cm³/mol. The molecule has 1 unspecified atom stereocenters. The maximum absolute atomic E-state index is 6.25. The highest BCUT2D eigenvalue weighted by Gasteiger charge is 2.29. The number of ether oxygens (including phenoxy) is 2. The maximum Gasteiger partial charge on any atom is 0.158 e. The third kappa shape index (κ3) is 3.68. The Morgan fingerprint density at radius 1 is 1.21 bits per heavy atom. The van der Waals surface area contributed by atoms with Gasteiger partial charge in [-0.15, -0.1) is 0 Å². The van der Waals surface area contributed by atoms with Crippen LogP contribution in [0.4, 0.5) is 0 Å². The molecule has 1 aromatic carbocycles. The van der Waals surface area contributed by atoms with Crippen molar-refractivity contribution in [2.24, 2.45) is 0 Å². The van der Waals surface area contributed by atoms with E-state index in [0.717, 1.165) is 19.4 Å². The van der Waals surface area contributed by atoms with Crippen LogP contribution in [0.1, 0.15) is 38.7 Å². The van der Waals surface area contributed by atoms with E-state index in [1.807, 2.05) is 0 Å². The lowest BCUT2D eigenvalue weighted by atomic mass is 9.97. The molecule has 0 N–H and O–H groups in total. The molecular formula is C16H25O2Si. The molecule has 0 spiro atoms. The summed E-state index contributed by atoms with van der Waals surface area (Å²) in [6.45, 7) is 9.82. The summed E-state index contributed by atoms with van der Waals surface area (Å²) in [5.41, 5.74) is 1.05. The number of rotatable bonds is 4. The van der Waals surface area contributed by atoms with Crippen molar-refractivity contribution in [1.82, 2.24) is 0 Å². The van der Waals surface area contributed by atoms with Gasteiger partial charge >= 0.3 is 0 Å². The summed E-state index contributed by atoms with van der Waals surface area (Å²) in [4.78, 5) is 0. The first-order valence-corrected chi connectivity index (χ1v) is 9.70. The van der Waals surface area contributed by atoms with Crippen LogP contribution in [0.2, 0.25) is 13.1 Å². The van der Waals surface area contributed by atoms with Gasteiger partial charge in [0.1, 0.15) is 0 Å². The Bertz CT molecular complexity index is 409. The zero-order valence-electron chi connectivity index (χ0n) is 12.5. The Labute approximate surface area is 118 Å². The molecular weight excluding hydrogens is 252 g/mol. The molecule has 0 bridgehead atoms. The summed E-state index contributed by atoms with van der Waals surface area (Å²) >= 11 is 0. The molecule has 1 fully saturated rings. The van der Waals surface area contributed by atoms with Crippen LogP contribution in [0.3, 0.4) is 0 Å². The van der Waals surface area contributed by atoms with E-state index in [4.69, 9.17) is 9.47 Å². The Hall–Kier alpha value is -0.643. The fourth-order valence-corrected chi connectivity index (χ4v) is 3.99. The van der Waals surface area contributed by atoms with Crippen molar-refractivity contribution in [3.63, 3.8) is 0 Å². The Kier molecular flexibility index (Phi) is 4.82. The minimum absolute atomic E-state index is 0.0406. The summed E-state index contributed by atoms with van der Waals surface area (Å²) in [6.07, 6.45) is 3.34. The summed E-state index contributed by atoms with van der Waals surface area (Å²) < 4.78 is 12.0. The second-order valence-electron chi connectivity index (χ2n) is 5.97. The van der Waals surface area contributed by atoms with Crippen LogP contribution in [0.25, 0.3) is 0 Å². The minimum atomic E-state index is -0.485. The largest absolute Gasteiger partial charge is 0.353 e. The highest BCUT2D eigenvalue weighted by molar-refractivity contribution is 6.71. The van der Waals surface area contributed by atoms with Gasteiger partial charge in [-0.25, -0.2) is 0 Å². The summed E-state index contributed by atoms with van der Waals surface area (Å²) in [5, 5.41) is 1.47. The SMILES string of the molecule is C[Si](C)c1ccccc1C(C)(C)OC1CCCCO1. The van der Waals surface area contributed by atoms with E-state index < -0.39 is 8.80 Å². The van der Waals surface area contributed by atoms with Crippen LogP contribution in [0.5, 0.6) is 0 Å². The lowest BCUT2D eigenvalue weighted by Crippen LogP contribution is -2.39. The van der Waals surface area contributed by atoms with Crippen LogP contribution < -0.4 is 5.19 Å². The van der Waals surface area contributed by atoms with Crippen LogP contribution in [0.15, 0.2) is 24.3 Å². The molecule has 1 saturated heterocycles. The molecule has 2 nitrogen and oxygen atoms in total. The zero-order valence-corrected chi connectivity index (χ0v) is 13.5. The first kappa shape index (κ1) is 14.8. The van der Waals surface area contributed by atoms with E-state index >= 15 is 0 Å². The molecule has 1 radical (unpaired) electrons. The lowest BCUT2D eigenvalue weighted by Gasteiger charge is -2.34. The standard InChI is InChI=1S/C16H25O2Si/c1-16(2,18-15-11-7-8-12-17-15)13-9-5-6-10-14(13)19(3)4/h5-6,9-10,15H,7-8,11-12H2,1-4H3. The van der Waals surface area contributed by atoms with Crippen LogP contribution in [0, 0.1) is 0 Å². The van der Waals surface area contributed by atoms with E-state index in [2.05, 4.69) is 51.2 Å². The van der Waals surface area contributed by atoms with Gasteiger partial charge in [-0.1, -0.05) is 42.5 Å². The van der Waals surface area contributed by atoms with Gasteiger partial charge in [0.15, 0.2) is 6.29 Å². The molecule has 1 atom stereocenters. The van der Waals surface area contributed by atoms with E-state index in [0.29, 0.717) is 0 Å². The molecule has 105 valence electrons. The topological polar surface area (TPSA) is 18.5 Å². The van der Waals surface area contributed by atoms with Crippen LogP contribution in [-0.2, 0) is 15.1 Å². The molecule has 19 heavy (non-hydrogen) atoms. The third-order valence-electron chi connectivity index (χ3n) is 3.68. The maximum atomic E-state index is 6.25. The second-order valence-corrected chi connectivity index (χ2v) is 8.51. The average molecular weight is 277 g/mol. The quantitative estimate of drug-likeness (QED) is 0.785. The van der Waals surface area contributed by atoms with Gasteiger partial charge in [0, 0.05) is 6.61 Å². The number of hydrogen-bond donors (Lipinski definition) is 0. The first-order chi connectivity index (χ1) is 9.00. The van der Waals surface area contributed by atoms with Gasteiger partial charge in [-0.2, -0.15) is 0 Å². The van der Waals surface area contributed by atoms with Gasteiger partial charge in [0.05, 0.1) is 14.4 Å². The molecule has 0 amide bonds. The summed E-state index contributed by atoms with van der Waals surface area (Å²) in [7, 11) is -0.485. The molecule has 1 aliphatic heterocycles. The monoisotopic (exact) mass is 277 g/mol. The zero-order chi connectivity index (χ0) is 13.9. The lowest BCUT2D eigenvalue weighted by molar-refractivity contribution is -0.218. The number of hydrogen-bond acceptors (Lipinski definition) is 2. The van der Waals surface area contributed by atoms with Crippen molar-refractivity contribution < 1.29 is 9.47 Å². The van der Waals surface area contributed by atoms with E-state index in [9.17, 15) is 0 Å². The van der Waals surface area contributed by atoms with E-state index in [1.54, 1.807) is 0 Å². The van der Waals surface area contributed by atoms with E-state index in [-0.39, 0.29) is 11.9 Å². The minimum Gasteiger partial charge on any atom is -0.353 e. The fraction of sp³-hybridized carbons (Fsp3) is 0.625. The molecule has 0 aromatic heterocycles. The highest BCUT2D eigenvalue weighted by atomic mass is 28.3. The third-order valence-corrected chi connectivity index (χ3v) is 5.19. The van der Waals surface area contributed by atoms with Gasteiger partial charge in [0.25, 0.3) is 0 Å². The van der Waals surface area contributed by atoms with Gasteiger partial charge in [-0.3, -0.25) is 0 Å². The van der Waals surface area contributed by atoms with Crippen molar-refractivity contribution in [3.05, 3.63) is 29.8 Å². The molecule has 1 heterocycles. The van der Waals surface area contributed by atoms with Gasteiger partial charge in [0.2, 0.25) is 0 Å². The van der Waals surface area contributed by atoms with Gasteiger partial charge < -0.3 is 9.47 Å².